The van der Waals surface area contributed by atoms with E-state index in [1.54, 1.807) is 18.9 Å². The van der Waals surface area contributed by atoms with Crippen molar-refractivity contribution in [3.63, 3.8) is 0 Å². The van der Waals surface area contributed by atoms with E-state index in [1.807, 2.05) is 36.4 Å². The normalized spacial score (nSPS) is 14.7. The predicted molar refractivity (Wildman–Crippen MR) is 136 cm³/mol. The maximum Gasteiger partial charge on any atom is 0.134 e. The van der Waals surface area contributed by atoms with Crippen LogP contribution in [-0.2, 0) is 12.2 Å². The molecule has 1 aliphatic rings. The number of halogens is 1. The Labute approximate surface area is 202 Å². The lowest BCUT2D eigenvalue weighted by Crippen LogP contribution is -2.45. The van der Waals surface area contributed by atoms with Crippen LogP contribution in [0, 0.1) is 0 Å². The summed E-state index contributed by atoms with van der Waals surface area (Å²) in [7, 11) is 1.70. The van der Waals surface area contributed by atoms with E-state index < -0.39 is 6.23 Å². The van der Waals surface area contributed by atoms with Crippen molar-refractivity contribution in [2.45, 2.75) is 29.7 Å². The van der Waals surface area contributed by atoms with Gasteiger partial charge in [-0.05, 0) is 36.2 Å². The number of benzene rings is 3. The molecule has 4 rings (SSSR count). The Morgan fingerprint density at radius 1 is 1.09 bits per heavy atom. The van der Waals surface area contributed by atoms with Crippen molar-refractivity contribution in [2.75, 3.05) is 20.2 Å². The molecule has 0 amide bonds. The van der Waals surface area contributed by atoms with Gasteiger partial charge in [0.05, 0.1) is 7.11 Å². The largest absolute Gasteiger partial charge is 0.496 e. The summed E-state index contributed by atoms with van der Waals surface area (Å²) >= 11 is 5.32. The summed E-state index contributed by atoms with van der Waals surface area (Å²) < 4.78 is 6.58. The highest BCUT2D eigenvalue weighted by Gasteiger charge is 2.25. The lowest BCUT2D eigenvalue weighted by molar-refractivity contribution is 0.0509. The van der Waals surface area contributed by atoms with Crippen molar-refractivity contribution in [3.8, 4) is 5.75 Å². The number of amidine groups is 1. The molecule has 0 fully saturated rings. The van der Waals surface area contributed by atoms with Crippen molar-refractivity contribution >= 4 is 33.5 Å². The number of rotatable bonds is 8. The molecule has 32 heavy (non-hydrogen) atoms. The molecular formula is C26H27BrN2O2S. The van der Waals surface area contributed by atoms with Gasteiger partial charge in [-0.25, -0.2) is 0 Å². The van der Waals surface area contributed by atoms with Crippen LogP contribution in [0.15, 0.2) is 87.2 Å². The number of aliphatic hydroxyl groups excluding tert-OH is 1. The first-order valence-corrected chi connectivity index (χ1v) is 12.5. The topological polar surface area (TPSA) is 45.1 Å². The molecule has 4 nitrogen and oxygen atoms in total. The molecule has 1 heterocycles. The summed E-state index contributed by atoms with van der Waals surface area (Å²) in [5.74, 6) is 2.54. The first kappa shape index (κ1) is 22.9. The monoisotopic (exact) mass is 510 g/mol. The third kappa shape index (κ3) is 5.55. The van der Waals surface area contributed by atoms with Crippen LogP contribution in [0.5, 0.6) is 5.75 Å². The van der Waals surface area contributed by atoms with Crippen molar-refractivity contribution in [1.82, 2.24) is 4.90 Å². The molecule has 1 N–H and O–H groups in total. The van der Waals surface area contributed by atoms with Gasteiger partial charge < -0.3 is 14.7 Å². The zero-order chi connectivity index (χ0) is 22.3. The molecule has 1 unspecified atom stereocenters. The lowest BCUT2D eigenvalue weighted by Gasteiger charge is -2.34. The van der Waals surface area contributed by atoms with Crippen molar-refractivity contribution < 1.29 is 9.84 Å². The Hall–Kier alpha value is -2.28. The van der Waals surface area contributed by atoms with Gasteiger partial charge in [-0.1, -0.05) is 64.5 Å². The van der Waals surface area contributed by atoms with Gasteiger partial charge >= 0.3 is 0 Å². The molecule has 3 aromatic carbocycles. The van der Waals surface area contributed by atoms with E-state index in [4.69, 9.17) is 9.73 Å². The summed E-state index contributed by atoms with van der Waals surface area (Å²) in [4.78, 5) is 8.04. The van der Waals surface area contributed by atoms with Crippen LogP contribution in [0.3, 0.4) is 0 Å². The van der Waals surface area contributed by atoms with Gasteiger partial charge in [-0.3, -0.25) is 4.99 Å². The second-order valence-corrected chi connectivity index (χ2v) is 9.60. The van der Waals surface area contributed by atoms with E-state index in [1.165, 1.54) is 0 Å². The number of ether oxygens (including phenoxy) is 1. The Kier molecular flexibility index (Phi) is 7.90. The SMILES string of the molecule is COc1ccc(Br)cc1CSc1ccccc1C1=NCCCN1C(O)Cc1ccccc1. The number of methoxy groups -OCH3 is 1. The van der Waals surface area contributed by atoms with Crippen LogP contribution >= 0.6 is 27.7 Å². The molecule has 166 valence electrons. The highest BCUT2D eigenvalue weighted by atomic mass is 79.9. The summed E-state index contributed by atoms with van der Waals surface area (Å²) in [6.45, 7) is 1.58. The summed E-state index contributed by atoms with van der Waals surface area (Å²) in [6.07, 6.45) is 0.907. The molecule has 0 aromatic heterocycles. The molecule has 0 aliphatic carbocycles. The van der Waals surface area contributed by atoms with Crippen molar-refractivity contribution in [3.05, 3.63) is 94.0 Å². The van der Waals surface area contributed by atoms with Gasteiger partial charge in [0.1, 0.15) is 17.8 Å². The molecular weight excluding hydrogens is 484 g/mol. The van der Waals surface area contributed by atoms with E-state index in [-0.39, 0.29) is 0 Å². The van der Waals surface area contributed by atoms with Crippen LogP contribution in [-0.4, -0.2) is 42.3 Å². The minimum absolute atomic E-state index is 0.574. The van der Waals surface area contributed by atoms with E-state index in [0.717, 1.165) is 62.9 Å². The molecule has 1 aliphatic heterocycles. The third-order valence-electron chi connectivity index (χ3n) is 5.47. The average Bonchev–Trinajstić information content (AvgIpc) is 2.83. The maximum absolute atomic E-state index is 11.1. The number of aliphatic imine (C=N–C) groups is 1. The fraction of sp³-hybridized carbons (Fsp3) is 0.269. The number of hydrogen-bond acceptors (Lipinski definition) is 5. The minimum atomic E-state index is -0.611. The quantitative estimate of drug-likeness (QED) is 0.391. The van der Waals surface area contributed by atoms with Gasteiger partial charge in [-0.2, -0.15) is 0 Å². The molecule has 3 aromatic rings. The number of thioether (sulfide) groups is 1. The maximum atomic E-state index is 11.1. The summed E-state index contributed by atoms with van der Waals surface area (Å²) in [6, 6.07) is 24.5. The Morgan fingerprint density at radius 2 is 1.88 bits per heavy atom. The van der Waals surface area contributed by atoms with Crippen LogP contribution in [0.1, 0.15) is 23.1 Å². The molecule has 0 radical (unpaired) electrons. The first-order chi connectivity index (χ1) is 15.7. The highest BCUT2D eigenvalue weighted by molar-refractivity contribution is 9.10. The standard InChI is InChI=1S/C26H27BrN2O2S/c1-31-23-13-12-21(27)17-20(23)18-32-24-11-6-5-10-22(24)26-28-14-7-15-29(26)25(30)16-19-8-3-2-4-9-19/h2-6,8-13,17,25,30H,7,14-16,18H2,1H3. The lowest BCUT2D eigenvalue weighted by atomic mass is 10.1. The fourth-order valence-electron chi connectivity index (χ4n) is 3.88. The predicted octanol–water partition coefficient (Wildman–Crippen LogP) is 5.76. The second-order valence-electron chi connectivity index (χ2n) is 7.66. The molecule has 0 saturated carbocycles. The molecule has 1 atom stereocenters. The van der Waals surface area contributed by atoms with E-state index >= 15 is 0 Å². The van der Waals surface area contributed by atoms with Crippen LogP contribution in [0.4, 0.5) is 0 Å². The average molecular weight is 511 g/mol. The van der Waals surface area contributed by atoms with Crippen molar-refractivity contribution in [1.29, 1.82) is 0 Å². The van der Waals surface area contributed by atoms with E-state index in [0.29, 0.717) is 6.42 Å². The highest BCUT2D eigenvalue weighted by Crippen LogP contribution is 2.33. The summed E-state index contributed by atoms with van der Waals surface area (Å²) in [5.41, 5.74) is 3.32. The van der Waals surface area contributed by atoms with Crippen LogP contribution < -0.4 is 4.74 Å². The van der Waals surface area contributed by atoms with E-state index in [9.17, 15) is 5.11 Å². The number of aliphatic hydroxyl groups is 1. The minimum Gasteiger partial charge on any atom is -0.496 e. The number of hydrogen-bond donors (Lipinski definition) is 1. The third-order valence-corrected chi connectivity index (χ3v) is 7.08. The molecule has 0 saturated heterocycles. The van der Waals surface area contributed by atoms with Crippen LogP contribution in [0.2, 0.25) is 0 Å². The van der Waals surface area contributed by atoms with Gasteiger partial charge in [0, 0.05) is 45.8 Å². The van der Waals surface area contributed by atoms with Crippen molar-refractivity contribution in [2.24, 2.45) is 4.99 Å². The molecule has 0 bridgehead atoms. The number of nitrogens with zero attached hydrogens (tertiary/aromatic N) is 2. The molecule has 6 heteroatoms. The van der Waals surface area contributed by atoms with Crippen LogP contribution in [0.25, 0.3) is 0 Å². The molecule has 0 spiro atoms. The van der Waals surface area contributed by atoms with Gasteiger partial charge in [0.25, 0.3) is 0 Å². The van der Waals surface area contributed by atoms with Gasteiger partial charge in [0.2, 0.25) is 0 Å². The smallest absolute Gasteiger partial charge is 0.134 e. The van der Waals surface area contributed by atoms with E-state index in [2.05, 4.69) is 57.2 Å². The Bertz CT molecular complexity index is 1070. The fourth-order valence-corrected chi connectivity index (χ4v) is 5.32. The van der Waals surface area contributed by atoms with Gasteiger partial charge in [-0.15, -0.1) is 11.8 Å². The van der Waals surface area contributed by atoms with Gasteiger partial charge in [0.15, 0.2) is 0 Å². The summed E-state index contributed by atoms with van der Waals surface area (Å²) in [5, 5.41) is 11.1. The zero-order valence-electron chi connectivity index (χ0n) is 18.1. The first-order valence-electron chi connectivity index (χ1n) is 10.7. The second kappa shape index (κ2) is 11.0. The Morgan fingerprint density at radius 3 is 2.69 bits per heavy atom. The Balaban J connectivity index is 1.56. The zero-order valence-corrected chi connectivity index (χ0v) is 20.5.